The predicted molar refractivity (Wildman–Crippen MR) is 75.5 cm³/mol. The van der Waals surface area contributed by atoms with Crippen LogP contribution in [0.1, 0.15) is 17.3 Å². The second-order valence-electron chi connectivity index (χ2n) is 3.50. The van der Waals surface area contributed by atoms with Crippen molar-refractivity contribution in [1.29, 1.82) is 0 Å². The normalized spacial score (nSPS) is 10.3. The van der Waals surface area contributed by atoms with Crippen LogP contribution in [0.25, 0.3) is 9.75 Å². The van der Waals surface area contributed by atoms with E-state index >= 15 is 0 Å². The van der Waals surface area contributed by atoms with E-state index in [1.165, 1.54) is 29.6 Å². The van der Waals surface area contributed by atoms with E-state index in [9.17, 15) is 9.59 Å². The molecule has 4 nitrogen and oxygen atoms in total. The third kappa shape index (κ3) is 2.72. The van der Waals surface area contributed by atoms with Crippen LogP contribution >= 0.6 is 34.3 Å². The highest BCUT2D eigenvalue weighted by molar-refractivity contribution is 7.26. The molecule has 0 aliphatic heterocycles. The standard InChI is InChI=1S/C11H9ClN2O2S2/c1-5(15)14-9-4-6(11(13)16)10(18-9)7-2-3-8(12)17-7/h2-4H,1H3,(H2,13,16)(H,14,15). The summed E-state index contributed by atoms with van der Waals surface area (Å²) in [6.07, 6.45) is 0. The number of halogens is 1. The highest BCUT2D eigenvalue weighted by Crippen LogP contribution is 2.40. The van der Waals surface area contributed by atoms with Gasteiger partial charge >= 0.3 is 0 Å². The van der Waals surface area contributed by atoms with Crippen molar-refractivity contribution in [2.75, 3.05) is 5.32 Å². The maximum absolute atomic E-state index is 11.4. The third-order valence-corrected chi connectivity index (χ3v) is 4.56. The van der Waals surface area contributed by atoms with Crippen LogP contribution in [0, 0.1) is 0 Å². The average Bonchev–Trinajstić information content (AvgIpc) is 2.83. The molecular weight excluding hydrogens is 292 g/mol. The Morgan fingerprint density at radius 3 is 2.56 bits per heavy atom. The number of anilines is 1. The molecule has 0 aliphatic rings. The van der Waals surface area contributed by atoms with Crippen molar-refractivity contribution in [3.05, 3.63) is 28.1 Å². The zero-order valence-electron chi connectivity index (χ0n) is 9.32. The second-order valence-corrected chi connectivity index (χ2v) is 6.27. The van der Waals surface area contributed by atoms with Gasteiger partial charge in [-0.3, -0.25) is 9.59 Å². The fourth-order valence-corrected chi connectivity index (χ4v) is 3.71. The van der Waals surface area contributed by atoms with Crippen LogP contribution in [0.5, 0.6) is 0 Å². The van der Waals surface area contributed by atoms with E-state index in [0.29, 0.717) is 14.9 Å². The summed E-state index contributed by atoms with van der Waals surface area (Å²) in [7, 11) is 0. The van der Waals surface area contributed by atoms with Gasteiger partial charge in [0.2, 0.25) is 11.8 Å². The summed E-state index contributed by atoms with van der Waals surface area (Å²) >= 11 is 8.53. The molecule has 0 fully saturated rings. The minimum Gasteiger partial charge on any atom is -0.366 e. The molecule has 94 valence electrons. The van der Waals surface area contributed by atoms with Crippen LogP contribution in [-0.4, -0.2) is 11.8 Å². The van der Waals surface area contributed by atoms with Crippen LogP contribution in [0.3, 0.4) is 0 Å². The Labute approximate surface area is 116 Å². The van der Waals surface area contributed by atoms with Crippen LogP contribution < -0.4 is 11.1 Å². The number of primary amides is 1. The van der Waals surface area contributed by atoms with E-state index < -0.39 is 5.91 Å². The molecule has 3 N–H and O–H groups in total. The Bertz CT molecular complexity index is 618. The van der Waals surface area contributed by atoms with Gasteiger partial charge in [-0.15, -0.1) is 22.7 Å². The number of thiophene rings is 2. The number of nitrogens with two attached hydrogens (primary N) is 1. The van der Waals surface area contributed by atoms with Gasteiger partial charge in [0.15, 0.2) is 0 Å². The summed E-state index contributed by atoms with van der Waals surface area (Å²) in [5, 5.41) is 3.23. The largest absolute Gasteiger partial charge is 0.366 e. The van der Waals surface area contributed by atoms with Crippen molar-refractivity contribution in [1.82, 2.24) is 0 Å². The molecule has 0 saturated heterocycles. The van der Waals surface area contributed by atoms with Crippen molar-refractivity contribution < 1.29 is 9.59 Å². The van der Waals surface area contributed by atoms with Gasteiger partial charge in [-0.1, -0.05) is 11.6 Å². The smallest absolute Gasteiger partial charge is 0.250 e. The molecule has 2 amide bonds. The van der Waals surface area contributed by atoms with E-state index in [1.54, 1.807) is 12.1 Å². The Balaban J connectivity index is 2.47. The molecular formula is C11H9ClN2O2S2. The van der Waals surface area contributed by atoms with Gasteiger partial charge in [-0.25, -0.2) is 0 Å². The average molecular weight is 301 g/mol. The first-order valence-corrected chi connectivity index (χ1v) is 6.95. The van der Waals surface area contributed by atoms with E-state index in [0.717, 1.165) is 9.75 Å². The number of hydrogen-bond acceptors (Lipinski definition) is 4. The lowest BCUT2D eigenvalue weighted by atomic mass is 10.2. The van der Waals surface area contributed by atoms with Gasteiger partial charge in [-0.05, 0) is 18.2 Å². The monoisotopic (exact) mass is 300 g/mol. The first kappa shape index (κ1) is 13.1. The minimum atomic E-state index is -0.526. The van der Waals surface area contributed by atoms with Crippen LogP contribution in [0.4, 0.5) is 5.00 Å². The van der Waals surface area contributed by atoms with Gasteiger partial charge in [0.05, 0.1) is 19.8 Å². The van der Waals surface area contributed by atoms with Gasteiger partial charge < -0.3 is 11.1 Å². The first-order chi connectivity index (χ1) is 8.47. The fourth-order valence-electron chi connectivity index (χ4n) is 1.43. The Kier molecular flexibility index (Phi) is 3.70. The molecule has 0 unspecified atom stereocenters. The molecule has 0 saturated carbocycles. The van der Waals surface area contributed by atoms with Crippen molar-refractivity contribution in [3.8, 4) is 9.75 Å². The summed E-state index contributed by atoms with van der Waals surface area (Å²) in [5.74, 6) is -0.717. The molecule has 0 atom stereocenters. The van der Waals surface area contributed by atoms with Crippen molar-refractivity contribution in [3.63, 3.8) is 0 Å². The number of amides is 2. The van der Waals surface area contributed by atoms with E-state index in [1.807, 2.05) is 6.07 Å². The Hall–Kier alpha value is -1.37. The molecule has 2 aromatic heterocycles. The molecule has 2 aromatic rings. The summed E-state index contributed by atoms with van der Waals surface area (Å²) in [6.45, 7) is 1.41. The summed E-state index contributed by atoms with van der Waals surface area (Å²) in [4.78, 5) is 24.0. The number of carbonyl (C=O) groups excluding carboxylic acids is 2. The minimum absolute atomic E-state index is 0.192. The van der Waals surface area contributed by atoms with Gasteiger partial charge in [-0.2, -0.15) is 0 Å². The maximum Gasteiger partial charge on any atom is 0.250 e. The lowest BCUT2D eigenvalue weighted by Gasteiger charge is -1.95. The highest BCUT2D eigenvalue weighted by atomic mass is 35.5. The van der Waals surface area contributed by atoms with Gasteiger partial charge in [0.1, 0.15) is 0 Å². The molecule has 0 radical (unpaired) electrons. The number of carbonyl (C=O) groups is 2. The maximum atomic E-state index is 11.4. The lowest BCUT2D eigenvalue weighted by Crippen LogP contribution is -2.10. The molecule has 7 heteroatoms. The molecule has 2 heterocycles. The SMILES string of the molecule is CC(=O)Nc1cc(C(N)=O)c(-c2ccc(Cl)s2)s1. The number of nitrogens with one attached hydrogen (secondary N) is 1. The van der Waals surface area contributed by atoms with Crippen LogP contribution in [0.2, 0.25) is 4.34 Å². The summed E-state index contributed by atoms with van der Waals surface area (Å²) < 4.78 is 0.634. The Morgan fingerprint density at radius 2 is 2.06 bits per heavy atom. The van der Waals surface area contributed by atoms with Crippen molar-refractivity contribution in [2.45, 2.75) is 6.92 Å². The van der Waals surface area contributed by atoms with Gasteiger partial charge in [0, 0.05) is 11.8 Å². The summed E-state index contributed by atoms with van der Waals surface area (Å²) in [6, 6.07) is 5.16. The lowest BCUT2D eigenvalue weighted by molar-refractivity contribution is -0.114. The molecule has 0 bridgehead atoms. The third-order valence-electron chi connectivity index (χ3n) is 2.09. The molecule has 0 aliphatic carbocycles. The molecule has 18 heavy (non-hydrogen) atoms. The quantitative estimate of drug-likeness (QED) is 0.913. The molecule has 0 aromatic carbocycles. The first-order valence-electron chi connectivity index (χ1n) is 4.94. The van der Waals surface area contributed by atoms with Crippen LogP contribution in [-0.2, 0) is 4.79 Å². The second kappa shape index (κ2) is 5.09. The zero-order chi connectivity index (χ0) is 13.3. The fraction of sp³-hybridized carbons (Fsp3) is 0.0909. The number of rotatable bonds is 3. The predicted octanol–water partition coefficient (Wildman–Crippen LogP) is 3.19. The van der Waals surface area contributed by atoms with E-state index in [-0.39, 0.29) is 5.91 Å². The summed E-state index contributed by atoms with van der Waals surface area (Å²) in [5.41, 5.74) is 5.72. The van der Waals surface area contributed by atoms with E-state index in [2.05, 4.69) is 5.32 Å². The van der Waals surface area contributed by atoms with E-state index in [4.69, 9.17) is 17.3 Å². The number of hydrogen-bond donors (Lipinski definition) is 2. The van der Waals surface area contributed by atoms with Crippen LogP contribution in [0.15, 0.2) is 18.2 Å². The van der Waals surface area contributed by atoms with Gasteiger partial charge in [0.25, 0.3) is 0 Å². The highest BCUT2D eigenvalue weighted by Gasteiger charge is 2.17. The molecule has 2 rings (SSSR count). The van der Waals surface area contributed by atoms with Crippen molar-refractivity contribution in [2.24, 2.45) is 5.73 Å². The van der Waals surface area contributed by atoms with Crippen molar-refractivity contribution >= 4 is 51.1 Å². The topological polar surface area (TPSA) is 72.2 Å². The molecule has 0 spiro atoms. The Morgan fingerprint density at radius 1 is 1.33 bits per heavy atom. The zero-order valence-corrected chi connectivity index (χ0v) is 11.7.